The molecule has 0 N–H and O–H groups in total. The Labute approximate surface area is 261 Å². The van der Waals surface area contributed by atoms with Crippen LogP contribution in [0.15, 0.2) is 60.7 Å². The van der Waals surface area contributed by atoms with Crippen LogP contribution in [0.4, 0.5) is 0 Å². The zero-order valence-corrected chi connectivity index (χ0v) is 29.7. The maximum atomic E-state index is 4.93. The van der Waals surface area contributed by atoms with Gasteiger partial charge in [-0.1, -0.05) is 100 Å². The van der Waals surface area contributed by atoms with Crippen molar-refractivity contribution in [1.29, 1.82) is 0 Å². The summed E-state index contributed by atoms with van der Waals surface area (Å²) in [6.45, 7) is 22.9. The third kappa shape index (κ3) is 6.70. The number of hydrogen-bond donors (Lipinski definition) is 0. The average Bonchev–Trinajstić information content (AvgIpc) is 3.17. The van der Waals surface area contributed by atoms with Gasteiger partial charge < -0.3 is 0 Å². The minimum atomic E-state index is -0.826. The summed E-state index contributed by atoms with van der Waals surface area (Å²) in [6.07, 6.45) is 0.995. The number of fused-ring (bicyclic) bond motifs is 3. The van der Waals surface area contributed by atoms with Gasteiger partial charge >= 0.3 is 37.9 Å². The molecule has 3 heteroatoms. The van der Waals surface area contributed by atoms with Gasteiger partial charge in [-0.15, -0.1) is 0 Å². The summed E-state index contributed by atoms with van der Waals surface area (Å²) >= 11 is -0.826. The molecule has 0 amide bonds. The first-order valence-corrected chi connectivity index (χ1v) is 20.4. The van der Waals surface area contributed by atoms with Gasteiger partial charge in [0.05, 0.1) is 0 Å². The van der Waals surface area contributed by atoms with Gasteiger partial charge in [0.1, 0.15) is 0 Å². The van der Waals surface area contributed by atoms with E-state index < -0.39 is 20.8 Å². The summed E-state index contributed by atoms with van der Waals surface area (Å²) in [4.78, 5) is 0. The van der Waals surface area contributed by atoms with Gasteiger partial charge in [0, 0.05) is 0 Å². The van der Waals surface area contributed by atoms with Crippen molar-refractivity contribution in [2.45, 2.75) is 86.5 Å². The molecule has 0 saturated heterocycles. The van der Waals surface area contributed by atoms with Gasteiger partial charge in [0.15, 0.2) is 0 Å². The van der Waals surface area contributed by atoms with E-state index in [0.29, 0.717) is 0 Å². The molecule has 0 nitrogen and oxygen atoms in total. The Balaban J connectivity index is 0.00000118. The van der Waals surface area contributed by atoms with Gasteiger partial charge in [-0.3, -0.25) is 0 Å². The maximum absolute atomic E-state index is 4.93. The molecule has 0 fully saturated rings. The Hall–Kier alpha value is -1.66. The zero-order chi connectivity index (χ0) is 29.6. The molecule has 4 aromatic rings. The SMILES string of the molecule is Cc1cc(C)cc(-c2cc3c(cc2C(C)(C)C)-c2cc(C(C)(C)C)c(-c4cc(C)cc(C)c4)cc2C3)c1.[Cl][Zr][Cl]. The average molecular weight is 649 g/mol. The summed E-state index contributed by atoms with van der Waals surface area (Å²) < 4.78 is 0. The molecule has 0 bridgehead atoms. The molecular formula is C37H42Cl2Zr. The predicted molar refractivity (Wildman–Crippen MR) is 174 cm³/mol. The third-order valence-corrected chi connectivity index (χ3v) is 7.84. The molecule has 5 rings (SSSR count). The van der Waals surface area contributed by atoms with E-state index in [4.69, 9.17) is 17.0 Å². The predicted octanol–water partition coefficient (Wildman–Crippen LogP) is 11.8. The molecule has 0 saturated carbocycles. The summed E-state index contributed by atoms with van der Waals surface area (Å²) in [6, 6.07) is 24.0. The van der Waals surface area contributed by atoms with Gasteiger partial charge in [-0.05, 0) is 125 Å². The molecule has 0 atom stereocenters. The van der Waals surface area contributed by atoms with Crippen LogP contribution >= 0.6 is 17.0 Å². The molecule has 40 heavy (non-hydrogen) atoms. The van der Waals surface area contributed by atoms with Crippen LogP contribution in [0.3, 0.4) is 0 Å². The first kappa shape index (κ1) is 31.3. The zero-order valence-electron chi connectivity index (χ0n) is 25.7. The Morgan fingerprint density at radius 2 is 0.775 bits per heavy atom. The van der Waals surface area contributed by atoms with E-state index >= 15 is 0 Å². The van der Waals surface area contributed by atoms with Crippen LogP contribution in [0.2, 0.25) is 0 Å². The van der Waals surface area contributed by atoms with Crippen molar-refractivity contribution in [1.82, 2.24) is 0 Å². The Bertz CT molecular complexity index is 1410. The third-order valence-electron chi connectivity index (χ3n) is 7.84. The summed E-state index contributed by atoms with van der Waals surface area (Å²) in [7, 11) is 9.87. The van der Waals surface area contributed by atoms with Crippen molar-refractivity contribution in [3.05, 3.63) is 105 Å². The van der Waals surface area contributed by atoms with Gasteiger partial charge in [-0.25, -0.2) is 0 Å². The van der Waals surface area contributed by atoms with Crippen LogP contribution in [0.5, 0.6) is 0 Å². The monoisotopic (exact) mass is 646 g/mol. The summed E-state index contributed by atoms with van der Waals surface area (Å²) in [5.74, 6) is 0. The normalized spacial score (nSPS) is 12.4. The number of aryl methyl sites for hydroxylation is 4. The fraction of sp³-hybridized carbons (Fsp3) is 0.351. The molecular weight excluding hydrogens is 607 g/mol. The summed E-state index contributed by atoms with van der Waals surface area (Å²) in [5, 5.41) is 0. The van der Waals surface area contributed by atoms with Crippen LogP contribution in [-0.4, -0.2) is 0 Å². The Kier molecular flexibility index (Phi) is 9.32. The second-order valence-electron chi connectivity index (χ2n) is 13.6. The Morgan fingerprint density at radius 3 is 1.05 bits per heavy atom. The fourth-order valence-corrected chi connectivity index (χ4v) is 6.27. The molecule has 4 aromatic carbocycles. The van der Waals surface area contributed by atoms with Crippen molar-refractivity contribution in [2.24, 2.45) is 0 Å². The first-order chi connectivity index (χ1) is 18.6. The number of halogens is 2. The van der Waals surface area contributed by atoms with Crippen molar-refractivity contribution in [2.75, 3.05) is 0 Å². The summed E-state index contributed by atoms with van der Waals surface area (Å²) in [5.41, 5.74) is 19.5. The van der Waals surface area contributed by atoms with E-state index in [-0.39, 0.29) is 10.8 Å². The molecule has 0 heterocycles. The van der Waals surface area contributed by atoms with Crippen LogP contribution < -0.4 is 0 Å². The number of rotatable bonds is 2. The van der Waals surface area contributed by atoms with Gasteiger partial charge in [-0.2, -0.15) is 0 Å². The van der Waals surface area contributed by atoms with E-state index in [0.717, 1.165) is 6.42 Å². The van der Waals surface area contributed by atoms with Crippen LogP contribution in [0, 0.1) is 27.7 Å². The quantitative estimate of drug-likeness (QED) is 0.179. The molecule has 0 unspecified atom stereocenters. The van der Waals surface area contributed by atoms with Crippen molar-refractivity contribution < 1.29 is 20.8 Å². The van der Waals surface area contributed by atoms with Crippen molar-refractivity contribution in [3.63, 3.8) is 0 Å². The molecule has 0 radical (unpaired) electrons. The molecule has 1 aliphatic carbocycles. The topological polar surface area (TPSA) is 0 Å². The van der Waals surface area contributed by atoms with E-state index in [1.807, 2.05) is 0 Å². The number of hydrogen-bond acceptors (Lipinski definition) is 0. The van der Waals surface area contributed by atoms with Gasteiger partial charge in [0.2, 0.25) is 0 Å². The standard InChI is InChI=1S/C37H42.2ClH.Zr/c1-22-11-23(2)14-26(13-22)32-18-28-17-29-19-33(27-15-24(3)12-25(4)16-27)35(37(8,9)10)21-31(29)30(28)20-34(32)36(5,6)7;;;/h11-16,18-21H,17H2,1-10H3;2*1H;/q;;;+2/p-2. The van der Waals surface area contributed by atoms with E-state index in [1.165, 1.54) is 77.9 Å². The van der Waals surface area contributed by atoms with Crippen molar-refractivity contribution >= 4 is 17.0 Å². The second-order valence-corrected chi connectivity index (χ2v) is 17.3. The van der Waals surface area contributed by atoms with Crippen LogP contribution in [0.1, 0.15) is 86.1 Å². The van der Waals surface area contributed by atoms with E-state index in [2.05, 4.69) is 130 Å². The van der Waals surface area contributed by atoms with Crippen LogP contribution in [0.25, 0.3) is 33.4 Å². The molecule has 208 valence electrons. The fourth-order valence-electron chi connectivity index (χ4n) is 6.27. The first-order valence-electron chi connectivity index (χ1n) is 14.1. The molecule has 1 aliphatic rings. The minimum absolute atomic E-state index is 0.0522. The van der Waals surface area contributed by atoms with Crippen molar-refractivity contribution in [3.8, 4) is 33.4 Å². The molecule has 0 spiro atoms. The molecule has 0 aliphatic heterocycles. The second kappa shape index (κ2) is 11.9. The van der Waals surface area contributed by atoms with E-state index in [9.17, 15) is 0 Å². The number of benzene rings is 4. The molecule has 0 aromatic heterocycles. The van der Waals surface area contributed by atoms with E-state index in [1.54, 1.807) is 0 Å². The van der Waals surface area contributed by atoms with Gasteiger partial charge in [0.25, 0.3) is 0 Å². The van der Waals surface area contributed by atoms with Crippen LogP contribution in [-0.2, 0) is 38.1 Å². The Morgan fingerprint density at radius 1 is 0.475 bits per heavy atom.